The number of anilines is 2. The number of carbonyl (C=O) groups is 1. The first kappa shape index (κ1) is 17.1. The van der Waals surface area contributed by atoms with E-state index in [0.717, 1.165) is 12.1 Å². The molecule has 0 radical (unpaired) electrons. The standard InChI is InChI=1S/C12H6F6N2O2S/c13-11(14,15)5-2-1-3-6(4-5)19-10-20-8(12(16,17)18)7(23-10)9(21)22/h1-4H,(H,19,20)(H,21,22). The van der Waals surface area contributed by atoms with Crippen LogP contribution in [-0.2, 0) is 12.4 Å². The summed E-state index contributed by atoms with van der Waals surface area (Å²) in [5.41, 5.74) is -2.78. The Hall–Kier alpha value is -2.30. The van der Waals surface area contributed by atoms with Crippen molar-refractivity contribution in [3.63, 3.8) is 0 Å². The van der Waals surface area contributed by atoms with Crippen LogP contribution in [0.1, 0.15) is 20.9 Å². The van der Waals surface area contributed by atoms with Gasteiger partial charge in [-0.05, 0) is 18.2 Å². The Morgan fingerprint density at radius 3 is 2.26 bits per heavy atom. The molecule has 4 nitrogen and oxygen atoms in total. The topological polar surface area (TPSA) is 62.2 Å². The zero-order valence-electron chi connectivity index (χ0n) is 10.8. The minimum atomic E-state index is -4.99. The van der Waals surface area contributed by atoms with Crippen molar-refractivity contribution in [3.05, 3.63) is 40.4 Å². The molecule has 0 spiro atoms. The van der Waals surface area contributed by atoms with E-state index < -0.39 is 39.6 Å². The number of benzene rings is 1. The lowest BCUT2D eigenvalue weighted by Gasteiger charge is -2.09. The van der Waals surface area contributed by atoms with Gasteiger partial charge in [0.1, 0.15) is 4.88 Å². The lowest BCUT2D eigenvalue weighted by Crippen LogP contribution is -2.11. The highest BCUT2D eigenvalue weighted by Crippen LogP contribution is 2.37. The number of alkyl halides is 6. The molecule has 2 rings (SSSR count). The molecule has 2 N–H and O–H groups in total. The van der Waals surface area contributed by atoms with Crippen LogP contribution in [0.3, 0.4) is 0 Å². The Balaban J connectivity index is 2.36. The maximum Gasteiger partial charge on any atom is 0.435 e. The SMILES string of the molecule is O=C(O)c1sc(Nc2cccc(C(F)(F)F)c2)nc1C(F)(F)F. The molecule has 1 aromatic heterocycles. The second-order valence-electron chi connectivity index (χ2n) is 4.20. The van der Waals surface area contributed by atoms with Gasteiger partial charge in [-0.3, -0.25) is 0 Å². The number of hydrogen-bond donors (Lipinski definition) is 2. The van der Waals surface area contributed by atoms with E-state index in [2.05, 4.69) is 10.3 Å². The van der Waals surface area contributed by atoms with Crippen LogP contribution in [0.25, 0.3) is 0 Å². The molecule has 0 fully saturated rings. The van der Waals surface area contributed by atoms with Crippen LogP contribution in [0, 0.1) is 0 Å². The van der Waals surface area contributed by atoms with Crippen LogP contribution in [0.5, 0.6) is 0 Å². The molecule has 23 heavy (non-hydrogen) atoms. The highest BCUT2D eigenvalue weighted by Gasteiger charge is 2.40. The molecule has 0 aliphatic heterocycles. The summed E-state index contributed by atoms with van der Waals surface area (Å²) in [5, 5.41) is 10.5. The Morgan fingerprint density at radius 1 is 1.13 bits per heavy atom. The first-order chi connectivity index (χ1) is 10.5. The molecule has 11 heteroatoms. The third-order valence-electron chi connectivity index (χ3n) is 2.53. The monoisotopic (exact) mass is 356 g/mol. The van der Waals surface area contributed by atoms with E-state index in [1.54, 1.807) is 0 Å². The van der Waals surface area contributed by atoms with Crippen LogP contribution in [0.15, 0.2) is 24.3 Å². The fourth-order valence-electron chi connectivity index (χ4n) is 1.61. The van der Waals surface area contributed by atoms with Crippen LogP contribution in [-0.4, -0.2) is 16.1 Å². The third-order valence-corrected chi connectivity index (χ3v) is 3.49. The fraction of sp³-hybridized carbons (Fsp3) is 0.167. The lowest BCUT2D eigenvalue weighted by atomic mass is 10.2. The summed E-state index contributed by atoms with van der Waals surface area (Å²) in [6.45, 7) is 0. The zero-order chi connectivity index (χ0) is 17.4. The molecule has 1 heterocycles. The smallest absolute Gasteiger partial charge is 0.435 e. The highest BCUT2D eigenvalue weighted by molar-refractivity contribution is 7.17. The number of aromatic nitrogens is 1. The summed E-state index contributed by atoms with van der Waals surface area (Å²) in [7, 11) is 0. The Bertz CT molecular complexity index is 738. The normalized spacial score (nSPS) is 12.3. The summed E-state index contributed by atoms with van der Waals surface area (Å²) >= 11 is 0.180. The molecule has 0 bridgehead atoms. The molecule has 0 atom stereocenters. The minimum absolute atomic E-state index is 0.167. The van der Waals surface area contributed by atoms with Crippen molar-refractivity contribution in [3.8, 4) is 0 Å². The van der Waals surface area contributed by atoms with Gasteiger partial charge in [0.05, 0.1) is 5.56 Å². The van der Waals surface area contributed by atoms with E-state index in [1.165, 1.54) is 6.07 Å². The predicted octanol–water partition coefficient (Wildman–Crippen LogP) is 4.62. The van der Waals surface area contributed by atoms with E-state index in [4.69, 9.17) is 5.11 Å². The number of hydrogen-bond acceptors (Lipinski definition) is 4. The molecule has 0 unspecified atom stereocenters. The molecule has 0 aliphatic carbocycles. The molecule has 2 aromatic rings. The molecule has 0 saturated carbocycles. The summed E-state index contributed by atoms with van der Waals surface area (Å²) < 4.78 is 75.8. The van der Waals surface area contributed by atoms with Crippen LogP contribution < -0.4 is 5.32 Å². The molecule has 1 aromatic carbocycles. The molecular weight excluding hydrogens is 350 g/mol. The Morgan fingerprint density at radius 2 is 1.78 bits per heavy atom. The maximum absolute atomic E-state index is 12.7. The van der Waals surface area contributed by atoms with Gasteiger partial charge in [0.15, 0.2) is 10.8 Å². The van der Waals surface area contributed by atoms with Crippen molar-refractivity contribution in [2.24, 2.45) is 0 Å². The van der Waals surface area contributed by atoms with E-state index in [0.29, 0.717) is 6.07 Å². The number of carboxylic acids is 1. The van der Waals surface area contributed by atoms with Gasteiger partial charge in [0, 0.05) is 5.69 Å². The van der Waals surface area contributed by atoms with E-state index in [1.807, 2.05) is 0 Å². The first-order valence-corrected chi connectivity index (χ1v) is 6.55. The summed E-state index contributed by atoms with van der Waals surface area (Å²) in [6, 6.07) is 3.71. The van der Waals surface area contributed by atoms with E-state index in [-0.39, 0.29) is 17.0 Å². The number of nitrogens with zero attached hydrogens (tertiary/aromatic N) is 1. The molecule has 124 valence electrons. The Kier molecular flexibility index (Phi) is 4.24. The molecule has 0 amide bonds. The van der Waals surface area contributed by atoms with E-state index >= 15 is 0 Å². The molecule has 0 saturated heterocycles. The van der Waals surface area contributed by atoms with Crippen molar-refractivity contribution < 1.29 is 36.2 Å². The van der Waals surface area contributed by atoms with Crippen molar-refractivity contribution in [2.75, 3.05) is 5.32 Å². The second-order valence-corrected chi connectivity index (χ2v) is 5.20. The van der Waals surface area contributed by atoms with Crippen LogP contribution in [0.2, 0.25) is 0 Å². The average Bonchev–Trinajstić information content (AvgIpc) is 2.82. The van der Waals surface area contributed by atoms with Gasteiger partial charge in [-0.2, -0.15) is 26.3 Å². The van der Waals surface area contributed by atoms with Gasteiger partial charge in [-0.1, -0.05) is 17.4 Å². The first-order valence-electron chi connectivity index (χ1n) is 5.74. The van der Waals surface area contributed by atoms with Crippen molar-refractivity contribution in [2.45, 2.75) is 12.4 Å². The maximum atomic E-state index is 12.7. The van der Waals surface area contributed by atoms with E-state index in [9.17, 15) is 31.1 Å². The van der Waals surface area contributed by atoms with Gasteiger partial charge in [0.25, 0.3) is 0 Å². The summed E-state index contributed by atoms with van der Waals surface area (Å²) in [4.78, 5) is 12.9. The molecule has 0 aliphatic rings. The van der Waals surface area contributed by atoms with Crippen molar-refractivity contribution >= 4 is 28.1 Å². The average molecular weight is 356 g/mol. The van der Waals surface area contributed by atoms with Gasteiger partial charge in [-0.15, -0.1) is 0 Å². The van der Waals surface area contributed by atoms with Gasteiger partial charge in [-0.25, -0.2) is 9.78 Å². The summed E-state index contributed by atoms with van der Waals surface area (Å²) in [6.07, 6.45) is -9.61. The number of thiazole rings is 1. The number of aromatic carboxylic acids is 1. The minimum Gasteiger partial charge on any atom is -0.477 e. The molecular formula is C12H6F6N2O2S. The lowest BCUT2D eigenvalue weighted by molar-refractivity contribution is -0.141. The second kappa shape index (κ2) is 5.72. The van der Waals surface area contributed by atoms with Crippen LogP contribution >= 0.6 is 11.3 Å². The van der Waals surface area contributed by atoms with Gasteiger partial charge in [0.2, 0.25) is 0 Å². The number of rotatable bonds is 3. The zero-order valence-corrected chi connectivity index (χ0v) is 11.6. The highest BCUT2D eigenvalue weighted by atomic mass is 32.1. The number of nitrogens with one attached hydrogen (secondary N) is 1. The quantitative estimate of drug-likeness (QED) is 0.788. The summed E-state index contributed by atoms with van der Waals surface area (Å²) in [5.74, 6) is -1.83. The third kappa shape index (κ3) is 3.92. The van der Waals surface area contributed by atoms with Crippen LogP contribution in [0.4, 0.5) is 37.2 Å². The fourth-order valence-corrected chi connectivity index (χ4v) is 2.45. The van der Waals surface area contributed by atoms with Gasteiger partial charge < -0.3 is 10.4 Å². The predicted molar refractivity (Wildman–Crippen MR) is 68.8 cm³/mol. The largest absolute Gasteiger partial charge is 0.477 e. The van der Waals surface area contributed by atoms with Gasteiger partial charge >= 0.3 is 18.3 Å². The number of halogens is 6. The van der Waals surface area contributed by atoms with Crippen molar-refractivity contribution in [1.29, 1.82) is 0 Å². The Labute approximate surface area is 128 Å². The number of carboxylic acid groups (broad SMARTS) is 1. The van der Waals surface area contributed by atoms with Crippen molar-refractivity contribution in [1.82, 2.24) is 4.98 Å².